The summed E-state index contributed by atoms with van der Waals surface area (Å²) in [6.07, 6.45) is 0.825. The fraction of sp³-hybridized carbons (Fsp3) is 0.200. The van der Waals surface area contributed by atoms with Crippen LogP contribution in [0.15, 0.2) is 54.6 Å². The maximum absolute atomic E-state index is 12.7. The second-order valence-corrected chi connectivity index (χ2v) is 6.26. The average Bonchev–Trinajstić information content (AvgIpc) is 3.39. The molecule has 1 aliphatic carbocycles. The lowest BCUT2D eigenvalue weighted by Gasteiger charge is -2.06. The summed E-state index contributed by atoms with van der Waals surface area (Å²) >= 11 is 0. The number of amides is 1. The van der Waals surface area contributed by atoms with Crippen LogP contribution in [-0.2, 0) is 9.53 Å². The molecule has 0 spiro atoms. The second kappa shape index (κ2) is 6.09. The molecule has 2 N–H and O–H groups in total. The monoisotopic (exact) mass is 334 g/mol. The van der Waals surface area contributed by atoms with E-state index in [2.05, 4.69) is 10.3 Å². The molecule has 4 rings (SSSR count). The van der Waals surface area contributed by atoms with Crippen molar-refractivity contribution < 1.29 is 14.3 Å². The van der Waals surface area contributed by atoms with Gasteiger partial charge in [-0.3, -0.25) is 4.79 Å². The van der Waals surface area contributed by atoms with Crippen LogP contribution in [0.25, 0.3) is 10.9 Å². The number of carbonyl (C=O) groups is 2. The quantitative estimate of drug-likeness (QED) is 0.715. The number of nitrogens with one attached hydrogen (secondary N) is 2. The first-order valence-electron chi connectivity index (χ1n) is 8.24. The Morgan fingerprint density at radius 2 is 1.80 bits per heavy atom. The van der Waals surface area contributed by atoms with Crippen LogP contribution in [0.3, 0.4) is 0 Å². The molecular weight excluding hydrogens is 316 g/mol. The van der Waals surface area contributed by atoms with Crippen LogP contribution in [0.2, 0.25) is 0 Å². The number of aromatic nitrogens is 1. The van der Waals surface area contributed by atoms with Crippen molar-refractivity contribution in [2.75, 3.05) is 12.4 Å². The standard InChI is InChI=1S/C20H18N2O3/c1-25-20(24)18-17(13-9-5-6-10-16(13)21-18)22-19(23)15-11-14(15)12-7-3-2-4-8-12/h2-10,14-15,21H,11H2,1H3,(H,22,23)/t14-,15+/m0/s1. The number of ether oxygens (including phenoxy) is 1. The normalized spacial score (nSPS) is 18.8. The minimum atomic E-state index is -0.498. The minimum Gasteiger partial charge on any atom is -0.464 e. The molecule has 126 valence electrons. The maximum atomic E-state index is 12.7. The Morgan fingerprint density at radius 3 is 2.56 bits per heavy atom. The van der Waals surface area contributed by atoms with E-state index in [9.17, 15) is 9.59 Å². The summed E-state index contributed by atoms with van der Waals surface area (Å²) in [5.74, 6) is -0.389. The lowest BCUT2D eigenvalue weighted by molar-refractivity contribution is -0.117. The largest absolute Gasteiger partial charge is 0.464 e. The zero-order valence-corrected chi connectivity index (χ0v) is 13.8. The van der Waals surface area contributed by atoms with Crippen molar-refractivity contribution in [2.45, 2.75) is 12.3 Å². The molecule has 2 atom stereocenters. The molecule has 1 saturated carbocycles. The molecule has 1 aliphatic rings. The Kier molecular flexibility index (Phi) is 3.76. The number of H-pyrrole nitrogens is 1. The van der Waals surface area contributed by atoms with E-state index in [4.69, 9.17) is 4.74 Å². The Morgan fingerprint density at radius 1 is 1.08 bits per heavy atom. The van der Waals surface area contributed by atoms with Crippen LogP contribution in [0.5, 0.6) is 0 Å². The van der Waals surface area contributed by atoms with Crippen LogP contribution >= 0.6 is 0 Å². The smallest absolute Gasteiger partial charge is 0.356 e. The maximum Gasteiger partial charge on any atom is 0.356 e. The highest BCUT2D eigenvalue weighted by atomic mass is 16.5. The number of anilines is 1. The van der Waals surface area contributed by atoms with Crippen molar-refractivity contribution in [1.82, 2.24) is 4.98 Å². The van der Waals surface area contributed by atoms with Crippen molar-refractivity contribution in [2.24, 2.45) is 5.92 Å². The number of hydrogen-bond donors (Lipinski definition) is 2. The van der Waals surface area contributed by atoms with Gasteiger partial charge < -0.3 is 15.0 Å². The zero-order valence-electron chi connectivity index (χ0n) is 13.8. The molecule has 5 heteroatoms. The van der Waals surface area contributed by atoms with Gasteiger partial charge >= 0.3 is 5.97 Å². The third-order valence-electron chi connectivity index (χ3n) is 4.70. The van der Waals surface area contributed by atoms with Gasteiger partial charge in [0, 0.05) is 16.8 Å². The number of carbonyl (C=O) groups excluding carboxylic acids is 2. The van der Waals surface area contributed by atoms with Gasteiger partial charge in [-0.05, 0) is 24.0 Å². The predicted molar refractivity (Wildman–Crippen MR) is 95.6 cm³/mol. The number of para-hydroxylation sites is 1. The zero-order chi connectivity index (χ0) is 17.4. The van der Waals surface area contributed by atoms with Gasteiger partial charge in [-0.25, -0.2) is 4.79 Å². The number of aromatic amines is 1. The number of hydrogen-bond acceptors (Lipinski definition) is 3. The van der Waals surface area contributed by atoms with Gasteiger partial charge in [0.2, 0.25) is 5.91 Å². The molecular formula is C20H18N2O3. The molecule has 0 radical (unpaired) electrons. The summed E-state index contributed by atoms with van der Waals surface area (Å²) in [5.41, 5.74) is 2.73. The SMILES string of the molecule is COC(=O)c1[nH]c2ccccc2c1NC(=O)[C@@H]1C[C@H]1c1ccccc1. The molecule has 3 aromatic rings. The van der Waals surface area contributed by atoms with Gasteiger partial charge in [-0.1, -0.05) is 48.5 Å². The number of benzene rings is 2. The molecule has 1 heterocycles. The molecule has 1 fully saturated rings. The summed E-state index contributed by atoms with van der Waals surface area (Å²) in [7, 11) is 1.33. The molecule has 0 aliphatic heterocycles. The summed E-state index contributed by atoms with van der Waals surface area (Å²) < 4.78 is 4.83. The number of rotatable bonds is 4. The van der Waals surface area contributed by atoms with Gasteiger partial charge in [-0.2, -0.15) is 0 Å². The number of fused-ring (bicyclic) bond motifs is 1. The topological polar surface area (TPSA) is 71.2 Å². The lowest BCUT2D eigenvalue weighted by Crippen LogP contribution is -2.17. The molecule has 0 saturated heterocycles. The van der Waals surface area contributed by atoms with E-state index in [1.54, 1.807) is 0 Å². The van der Waals surface area contributed by atoms with Crippen LogP contribution in [0, 0.1) is 5.92 Å². The highest BCUT2D eigenvalue weighted by molar-refractivity contribution is 6.11. The van der Waals surface area contributed by atoms with Crippen molar-refractivity contribution in [3.05, 3.63) is 65.9 Å². The Balaban J connectivity index is 1.60. The molecule has 5 nitrogen and oxygen atoms in total. The third-order valence-corrected chi connectivity index (χ3v) is 4.70. The average molecular weight is 334 g/mol. The van der Waals surface area contributed by atoms with Crippen LogP contribution in [-0.4, -0.2) is 24.0 Å². The Bertz CT molecular complexity index is 946. The first-order valence-corrected chi connectivity index (χ1v) is 8.24. The third kappa shape index (κ3) is 2.78. The van der Waals surface area contributed by atoms with E-state index in [1.807, 2.05) is 54.6 Å². The summed E-state index contributed by atoms with van der Waals surface area (Å²) in [6, 6.07) is 17.5. The van der Waals surface area contributed by atoms with E-state index in [-0.39, 0.29) is 23.4 Å². The summed E-state index contributed by atoms with van der Waals surface area (Å²) in [4.78, 5) is 27.8. The highest BCUT2D eigenvalue weighted by Crippen LogP contribution is 2.48. The van der Waals surface area contributed by atoms with Gasteiger partial charge in [0.25, 0.3) is 0 Å². The highest BCUT2D eigenvalue weighted by Gasteiger charge is 2.44. The van der Waals surface area contributed by atoms with Crippen molar-refractivity contribution in [1.29, 1.82) is 0 Å². The fourth-order valence-electron chi connectivity index (χ4n) is 3.30. The molecule has 1 aromatic heterocycles. The molecule has 0 unspecified atom stereocenters. The van der Waals surface area contributed by atoms with Crippen LogP contribution < -0.4 is 5.32 Å². The van der Waals surface area contributed by atoms with Gasteiger partial charge in [0.05, 0.1) is 12.8 Å². The van der Waals surface area contributed by atoms with Crippen LogP contribution in [0.4, 0.5) is 5.69 Å². The van der Waals surface area contributed by atoms with Gasteiger partial charge in [0.15, 0.2) is 0 Å². The molecule has 2 aromatic carbocycles. The summed E-state index contributed by atoms with van der Waals surface area (Å²) in [6.45, 7) is 0. The Hall–Kier alpha value is -3.08. The number of esters is 1. The van der Waals surface area contributed by atoms with E-state index in [1.165, 1.54) is 12.7 Å². The fourth-order valence-corrected chi connectivity index (χ4v) is 3.30. The van der Waals surface area contributed by atoms with E-state index in [0.29, 0.717) is 5.69 Å². The van der Waals surface area contributed by atoms with Crippen molar-refractivity contribution in [3.8, 4) is 0 Å². The first-order chi connectivity index (χ1) is 12.2. The Labute approximate surface area is 145 Å². The molecule has 25 heavy (non-hydrogen) atoms. The van der Waals surface area contributed by atoms with E-state index < -0.39 is 5.97 Å². The lowest BCUT2D eigenvalue weighted by atomic mass is 10.1. The number of methoxy groups -OCH3 is 1. The summed E-state index contributed by atoms with van der Waals surface area (Å²) in [5, 5.41) is 3.74. The van der Waals surface area contributed by atoms with E-state index in [0.717, 1.165) is 17.3 Å². The first kappa shape index (κ1) is 15.4. The predicted octanol–water partition coefficient (Wildman–Crippen LogP) is 3.70. The van der Waals surface area contributed by atoms with Crippen molar-refractivity contribution in [3.63, 3.8) is 0 Å². The van der Waals surface area contributed by atoms with Gasteiger partial charge in [0.1, 0.15) is 5.69 Å². The van der Waals surface area contributed by atoms with Gasteiger partial charge in [-0.15, -0.1) is 0 Å². The van der Waals surface area contributed by atoms with E-state index >= 15 is 0 Å². The molecule has 0 bridgehead atoms. The second-order valence-electron chi connectivity index (χ2n) is 6.26. The van der Waals surface area contributed by atoms with Crippen LogP contribution in [0.1, 0.15) is 28.4 Å². The molecule has 1 amide bonds. The van der Waals surface area contributed by atoms with Crippen molar-refractivity contribution >= 4 is 28.5 Å². The minimum absolute atomic E-state index is 0.0660.